The first kappa shape index (κ1) is 10.9. The zero-order chi connectivity index (χ0) is 10.5. The van der Waals surface area contributed by atoms with Crippen molar-refractivity contribution in [2.45, 2.75) is 18.9 Å². The Kier molecular flexibility index (Phi) is 4.01. The second kappa shape index (κ2) is 5.50. The Morgan fingerprint density at radius 3 is 2.47 bits per heavy atom. The summed E-state index contributed by atoms with van der Waals surface area (Å²) in [5, 5.41) is 3.33. The van der Waals surface area contributed by atoms with E-state index in [1.54, 1.807) is 0 Å². The van der Waals surface area contributed by atoms with Gasteiger partial charge in [-0.25, -0.2) is 0 Å². The van der Waals surface area contributed by atoms with Crippen molar-refractivity contribution in [1.29, 1.82) is 0 Å². The number of piperazine rings is 1. The lowest BCUT2D eigenvalue weighted by Crippen LogP contribution is -2.61. The molecule has 2 aliphatic heterocycles. The smallest absolute Gasteiger partial charge is 0.0346 e. The van der Waals surface area contributed by atoms with Crippen LogP contribution in [0.3, 0.4) is 0 Å². The minimum absolute atomic E-state index is 0.817. The zero-order valence-corrected chi connectivity index (χ0v) is 9.41. The SMILES string of the molecule is C#CCCCN1CCN(C2CNC2)CC1. The molecule has 0 spiro atoms. The molecule has 0 atom stereocenters. The van der Waals surface area contributed by atoms with E-state index in [9.17, 15) is 0 Å². The molecule has 0 radical (unpaired) electrons. The van der Waals surface area contributed by atoms with Gasteiger partial charge in [0, 0.05) is 51.7 Å². The van der Waals surface area contributed by atoms with E-state index in [0.717, 1.165) is 18.9 Å². The van der Waals surface area contributed by atoms with Crippen LogP contribution in [0.1, 0.15) is 12.8 Å². The van der Waals surface area contributed by atoms with E-state index in [-0.39, 0.29) is 0 Å². The van der Waals surface area contributed by atoms with Gasteiger partial charge in [0.2, 0.25) is 0 Å². The van der Waals surface area contributed by atoms with Gasteiger partial charge in [-0.05, 0) is 13.0 Å². The number of terminal acetylenes is 1. The monoisotopic (exact) mass is 207 g/mol. The summed E-state index contributed by atoms with van der Waals surface area (Å²) < 4.78 is 0. The Labute approximate surface area is 92.8 Å². The lowest BCUT2D eigenvalue weighted by molar-refractivity contribution is 0.0726. The molecular formula is C12H21N3. The molecule has 84 valence electrons. The topological polar surface area (TPSA) is 18.5 Å². The second-order valence-corrected chi connectivity index (χ2v) is 4.50. The third-order valence-corrected chi connectivity index (χ3v) is 3.48. The van der Waals surface area contributed by atoms with Crippen LogP contribution in [0, 0.1) is 12.3 Å². The van der Waals surface area contributed by atoms with Gasteiger partial charge in [0.1, 0.15) is 0 Å². The maximum Gasteiger partial charge on any atom is 0.0346 e. The molecule has 2 aliphatic rings. The average Bonchev–Trinajstić information content (AvgIpc) is 2.18. The Morgan fingerprint density at radius 1 is 1.20 bits per heavy atom. The van der Waals surface area contributed by atoms with Crippen LogP contribution in [0.4, 0.5) is 0 Å². The molecule has 15 heavy (non-hydrogen) atoms. The predicted molar refractivity (Wildman–Crippen MR) is 62.7 cm³/mol. The number of hydrogen-bond acceptors (Lipinski definition) is 3. The fourth-order valence-corrected chi connectivity index (χ4v) is 2.29. The molecule has 0 bridgehead atoms. The quantitative estimate of drug-likeness (QED) is 0.517. The van der Waals surface area contributed by atoms with Gasteiger partial charge in [-0.2, -0.15) is 0 Å². The van der Waals surface area contributed by atoms with Gasteiger partial charge in [0.05, 0.1) is 0 Å². The van der Waals surface area contributed by atoms with Gasteiger partial charge < -0.3 is 10.2 Å². The van der Waals surface area contributed by atoms with Crippen LogP contribution in [0.2, 0.25) is 0 Å². The van der Waals surface area contributed by atoms with Crippen molar-refractivity contribution < 1.29 is 0 Å². The first-order valence-electron chi connectivity index (χ1n) is 6.01. The summed E-state index contributed by atoms with van der Waals surface area (Å²) in [5.41, 5.74) is 0. The average molecular weight is 207 g/mol. The van der Waals surface area contributed by atoms with Crippen LogP contribution in [0.15, 0.2) is 0 Å². The highest BCUT2D eigenvalue weighted by Crippen LogP contribution is 2.09. The Bertz CT molecular complexity index is 222. The standard InChI is InChI=1S/C12H21N3/c1-2-3-4-5-14-6-8-15(9-7-14)12-10-13-11-12/h1,12-13H,3-11H2. The summed E-state index contributed by atoms with van der Waals surface area (Å²) in [7, 11) is 0. The van der Waals surface area contributed by atoms with E-state index in [1.807, 2.05) is 0 Å². The predicted octanol–water partition coefficient (Wildman–Crippen LogP) is -0.0108. The van der Waals surface area contributed by atoms with Crippen LogP contribution >= 0.6 is 0 Å². The second-order valence-electron chi connectivity index (χ2n) is 4.50. The van der Waals surface area contributed by atoms with Crippen molar-refractivity contribution in [3.8, 4) is 12.3 Å². The number of nitrogens with one attached hydrogen (secondary N) is 1. The lowest BCUT2D eigenvalue weighted by atomic mass is 10.1. The largest absolute Gasteiger partial charge is 0.314 e. The molecule has 0 saturated carbocycles. The Balaban J connectivity index is 1.61. The minimum atomic E-state index is 0.817. The molecule has 1 N–H and O–H groups in total. The van der Waals surface area contributed by atoms with Crippen molar-refractivity contribution in [1.82, 2.24) is 15.1 Å². The van der Waals surface area contributed by atoms with Crippen molar-refractivity contribution >= 4 is 0 Å². The maximum absolute atomic E-state index is 5.25. The van der Waals surface area contributed by atoms with Crippen LogP contribution in [0.5, 0.6) is 0 Å². The van der Waals surface area contributed by atoms with E-state index < -0.39 is 0 Å². The van der Waals surface area contributed by atoms with Gasteiger partial charge in [-0.15, -0.1) is 12.3 Å². The fourth-order valence-electron chi connectivity index (χ4n) is 2.29. The Morgan fingerprint density at radius 2 is 1.93 bits per heavy atom. The molecule has 2 heterocycles. The van der Waals surface area contributed by atoms with Crippen LogP contribution in [0.25, 0.3) is 0 Å². The van der Waals surface area contributed by atoms with Crippen LogP contribution in [-0.4, -0.2) is 61.7 Å². The molecule has 3 heteroatoms. The molecule has 0 amide bonds. The van der Waals surface area contributed by atoms with Crippen molar-refractivity contribution in [3.05, 3.63) is 0 Å². The van der Waals surface area contributed by atoms with Gasteiger partial charge in [-0.1, -0.05) is 0 Å². The number of rotatable bonds is 4. The highest BCUT2D eigenvalue weighted by atomic mass is 15.3. The molecule has 2 rings (SSSR count). The van der Waals surface area contributed by atoms with Gasteiger partial charge in [0.25, 0.3) is 0 Å². The molecule has 0 aromatic rings. The number of nitrogens with zero attached hydrogens (tertiary/aromatic N) is 2. The zero-order valence-electron chi connectivity index (χ0n) is 9.41. The van der Waals surface area contributed by atoms with Crippen LogP contribution in [-0.2, 0) is 0 Å². The summed E-state index contributed by atoms with van der Waals surface area (Å²) in [6.45, 7) is 8.49. The summed E-state index contributed by atoms with van der Waals surface area (Å²) in [6, 6.07) is 0.817. The molecular weight excluding hydrogens is 186 g/mol. The third kappa shape index (κ3) is 2.94. The number of unbranched alkanes of at least 4 members (excludes halogenated alkanes) is 1. The first-order chi connectivity index (χ1) is 7.40. The van der Waals surface area contributed by atoms with Crippen LogP contribution < -0.4 is 5.32 Å². The maximum atomic E-state index is 5.25. The van der Waals surface area contributed by atoms with Crippen molar-refractivity contribution in [2.24, 2.45) is 0 Å². The van der Waals surface area contributed by atoms with E-state index in [4.69, 9.17) is 6.42 Å². The molecule has 0 aromatic carbocycles. The molecule has 2 saturated heterocycles. The summed E-state index contributed by atoms with van der Waals surface area (Å²) in [6.07, 6.45) is 7.33. The molecule has 0 unspecified atom stereocenters. The summed E-state index contributed by atoms with van der Waals surface area (Å²) in [5.74, 6) is 2.71. The van der Waals surface area contributed by atoms with E-state index in [0.29, 0.717) is 0 Å². The summed E-state index contributed by atoms with van der Waals surface area (Å²) in [4.78, 5) is 5.16. The van der Waals surface area contributed by atoms with Gasteiger partial charge in [0.15, 0.2) is 0 Å². The molecule has 0 aliphatic carbocycles. The van der Waals surface area contributed by atoms with E-state index in [2.05, 4.69) is 21.0 Å². The first-order valence-corrected chi connectivity index (χ1v) is 6.01. The molecule has 0 aromatic heterocycles. The van der Waals surface area contributed by atoms with Crippen molar-refractivity contribution in [2.75, 3.05) is 45.8 Å². The van der Waals surface area contributed by atoms with Gasteiger partial charge >= 0.3 is 0 Å². The minimum Gasteiger partial charge on any atom is -0.314 e. The van der Waals surface area contributed by atoms with E-state index in [1.165, 1.54) is 45.8 Å². The van der Waals surface area contributed by atoms with E-state index >= 15 is 0 Å². The lowest BCUT2D eigenvalue weighted by Gasteiger charge is -2.43. The molecule has 3 nitrogen and oxygen atoms in total. The summed E-state index contributed by atoms with van der Waals surface area (Å²) >= 11 is 0. The van der Waals surface area contributed by atoms with Gasteiger partial charge in [-0.3, -0.25) is 4.90 Å². The Hall–Kier alpha value is -0.560. The number of hydrogen-bond donors (Lipinski definition) is 1. The van der Waals surface area contributed by atoms with Crippen molar-refractivity contribution in [3.63, 3.8) is 0 Å². The third-order valence-electron chi connectivity index (χ3n) is 3.48. The normalized spacial score (nSPS) is 24.7. The highest BCUT2D eigenvalue weighted by Gasteiger charge is 2.27. The highest BCUT2D eigenvalue weighted by molar-refractivity contribution is 4.88. The molecule has 2 fully saturated rings. The fraction of sp³-hybridized carbons (Fsp3) is 0.833.